The summed E-state index contributed by atoms with van der Waals surface area (Å²) in [5.41, 5.74) is 1.08. The molecule has 2 amide bonds. The highest BCUT2D eigenvalue weighted by molar-refractivity contribution is 9.10. The van der Waals surface area contributed by atoms with Crippen LogP contribution in [0.3, 0.4) is 0 Å². The van der Waals surface area contributed by atoms with E-state index in [1.807, 2.05) is 12.1 Å². The topological polar surface area (TPSA) is 76.7 Å². The van der Waals surface area contributed by atoms with Gasteiger partial charge in [-0.1, -0.05) is 15.9 Å². The molecule has 0 unspecified atom stereocenters. The first kappa shape index (κ1) is 17.3. The van der Waals surface area contributed by atoms with Gasteiger partial charge in [0.1, 0.15) is 11.5 Å². The van der Waals surface area contributed by atoms with E-state index in [1.165, 1.54) is 0 Å². The zero-order chi connectivity index (χ0) is 18.0. The third-order valence-electron chi connectivity index (χ3n) is 3.67. The molecular formula is C18H17BrN2O4. The van der Waals surface area contributed by atoms with E-state index in [9.17, 15) is 9.59 Å². The molecule has 1 heterocycles. The number of anilines is 2. The molecule has 0 radical (unpaired) electrons. The quantitative estimate of drug-likeness (QED) is 0.816. The Hall–Kier alpha value is -2.54. The molecule has 0 saturated carbocycles. The number of halogens is 1. The summed E-state index contributed by atoms with van der Waals surface area (Å²) in [4.78, 5) is 24.0. The first-order valence-electron chi connectivity index (χ1n) is 7.77. The number of carbonyl (C=O) groups is 2. The van der Waals surface area contributed by atoms with Gasteiger partial charge < -0.3 is 20.1 Å². The maximum Gasteiger partial charge on any atom is 0.265 e. The highest BCUT2D eigenvalue weighted by Gasteiger charge is 2.24. The largest absolute Gasteiger partial charge is 0.481 e. The minimum absolute atomic E-state index is 0.220. The molecule has 0 aromatic heterocycles. The summed E-state index contributed by atoms with van der Waals surface area (Å²) in [6.07, 6.45) is -1.21. The lowest BCUT2D eigenvalue weighted by Crippen LogP contribution is -2.34. The predicted octanol–water partition coefficient (Wildman–Crippen LogP) is 3.57. The van der Waals surface area contributed by atoms with Crippen LogP contribution in [-0.4, -0.2) is 24.0 Å². The maximum absolute atomic E-state index is 12.3. The van der Waals surface area contributed by atoms with Crippen LogP contribution in [0.1, 0.15) is 13.8 Å². The number of nitrogens with one attached hydrogen (secondary N) is 2. The van der Waals surface area contributed by atoms with Crippen LogP contribution in [0.5, 0.6) is 11.5 Å². The van der Waals surface area contributed by atoms with Crippen LogP contribution in [0.15, 0.2) is 46.9 Å². The van der Waals surface area contributed by atoms with Gasteiger partial charge in [-0.25, -0.2) is 0 Å². The average molecular weight is 405 g/mol. The number of ether oxygens (including phenoxy) is 2. The third-order valence-corrected chi connectivity index (χ3v) is 4.20. The first-order valence-corrected chi connectivity index (χ1v) is 8.56. The van der Waals surface area contributed by atoms with Crippen LogP contribution in [0.25, 0.3) is 0 Å². The van der Waals surface area contributed by atoms with E-state index in [2.05, 4.69) is 26.6 Å². The van der Waals surface area contributed by atoms with Gasteiger partial charge >= 0.3 is 0 Å². The number of hydrogen-bond donors (Lipinski definition) is 2. The molecule has 1 aliphatic rings. The highest BCUT2D eigenvalue weighted by atomic mass is 79.9. The minimum Gasteiger partial charge on any atom is -0.481 e. The fraction of sp³-hybridized carbons (Fsp3) is 0.222. The molecule has 6 nitrogen and oxygen atoms in total. The molecule has 0 saturated heterocycles. The van der Waals surface area contributed by atoms with Crippen molar-refractivity contribution in [3.8, 4) is 11.5 Å². The number of rotatable bonds is 4. The molecule has 2 N–H and O–H groups in total. The Labute approximate surface area is 153 Å². The molecule has 3 rings (SSSR count). The molecule has 130 valence electrons. The summed E-state index contributed by atoms with van der Waals surface area (Å²) < 4.78 is 12.0. The average Bonchev–Trinajstić information content (AvgIpc) is 2.58. The number of fused-ring (bicyclic) bond motifs is 1. The van der Waals surface area contributed by atoms with Crippen molar-refractivity contribution < 1.29 is 19.1 Å². The number of hydrogen-bond acceptors (Lipinski definition) is 4. The van der Waals surface area contributed by atoms with Crippen LogP contribution in [-0.2, 0) is 9.59 Å². The second-order valence-electron chi connectivity index (χ2n) is 5.66. The summed E-state index contributed by atoms with van der Waals surface area (Å²) in [6, 6.07) is 12.3. The van der Waals surface area contributed by atoms with Gasteiger partial charge in [-0.15, -0.1) is 0 Å². The minimum atomic E-state index is -0.678. The van der Waals surface area contributed by atoms with Crippen LogP contribution < -0.4 is 20.1 Å². The fourth-order valence-corrected chi connectivity index (χ4v) is 2.57. The van der Waals surface area contributed by atoms with E-state index in [0.717, 1.165) is 4.47 Å². The van der Waals surface area contributed by atoms with Crippen molar-refractivity contribution in [3.63, 3.8) is 0 Å². The van der Waals surface area contributed by atoms with E-state index in [-0.39, 0.29) is 11.8 Å². The lowest BCUT2D eigenvalue weighted by molar-refractivity contribution is -0.123. The molecule has 0 fully saturated rings. The number of amides is 2. The zero-order valence-electron chi connectivity index (χ0n) is 13.7. The summed E-state index contributed by atoms with van der Waals surface area (Å²) in [6.45, 7) is 3.34. The van der Waals surface area contributed by atoms with Gasteiger partial charge in [-0.3, -0.25) is 9.59 Å². The van der Waals surface area contributed by atoms with Crippen molar-refractivity contribution in [1.29, 1.82) is 0 Å². The van der Waals surface area contributed by atoms with E-state index in [0.29, 0.717) is 22.9 Å². The van der Waals surface area contributed by atoms with Gasteiger partial charge in [0.05, 0.1) is 5.69 Å². The van der Waals surface area contributed by atoms with E-state index < -0.39 is 12.2 Å². The molecule has 0 bridgehead atoms. The van der Waals surface area contributed by atoms with Crippen molar-refractivity contribution >= 4 is 39.1 Å². The highest BCUT2D eigenvalue weighted by Crippen LogP contribution is 2.32. The number of benzene rings is 2. The second-order valence-corrected chi connectivity index (χ2v) is 6.58. The van der Waals surface area contributed by atoms with E-state index in [1.54, 1.807) is 44.2 Å². The van der Waals surface area contributed by atoms with Crippen LogP contribution in [0.4, 0.5) is 11.4 Å². The summed E-state index contributed by atoms with van der Waals surface area (Å²) in [5, 5.41) is 5.52. The molecule has 2 aromatic rings. The Bertz CT molecular complexity index is 807. The maximum atomic E-state index is 12.3. The molecule has 2 aromatic carbocycles. The standard InChI is InChI=1S/C18H17BrN2O4/c1-10(24-14-6-3-12(19)4-7-14)17(22)20-13-5-8-16-15(9-13)21-18(23)11(2)25-16/h3-11H,1-2H3,(H,20,22)(H,21,23)/t10-,11+/m1/s1. The molecule has 7 heteroatoms. The van der Waals surface area contributed by atoms with Gasteiger partial charge in [0.15, 0.2) is 12.2 Å². The molecular weight excluding hydrogens is 388 g/mol. The van der Waals surface area contributed by atoms with Crippen LogP contribution in [0, 0.1) is 0 Å². The van der Waals surface area contributed by atoms with Gasteiger partial charge in [0.2, 0.25) is 0 Å². The van der Waals surface area contributed by atoms with Gasteiger partial charge in [0.25, 0.3) is 11.8 Å². The Kier molecular flexibility index (Phi) is 4.94. The monoisotopic (exact) mass is 404 g/mol. The fourth-order valence-electron chi connectivity index (χ4n) is 2.30. The molecule has 0 spiro atoms. The van der Waals surface area contributed by atoms with Gasteiger partial charge in [-0.05, 0) is 56.3 Å². The normalized spacial score (nSPS) is 16.9. The molecule has 25 heavy (non-hydrogen) atoms. The third kappa shape index (κ3) is 4.11. The summed E-state index contributed by atoms with van der Waals surface area (Å²) >= 11 is 3.35. The lowest BCUT2D eigenvalue weighted by Gasteiger charge is -2.24. The van der Waals surface area contributed by atoms with Crippen molar-refractivity contribution in [2.24, 2.45) is 0 Å². The van der Waals surface area contributed by atoms with E-state index >= 15 is 0 Å². The van der Waals surface area contributed by atoms with Gasteiger partial charge in [0, 0.05) is 10.2 Å². The zero-order valence-corrected chi connectivity index (χ0v) is 15.3. The Morgan fingerprint density at radius 1 is 1.28 bits per heavy atom. The Morgan fingerprint density at radius 2 is 2.00 bits per heavy atom. The summed E-state index contributed by atoms with van der Waals surface area (Å²) in [7, 11) is 0. The summed E-state index contributed by atoms with van der Waals surface area (Å²) in [5.74, 6) is 0.664. The van der Waals surface area contributed by atoms with Crippen molar-refractivity contribution in [1.82, 2.24) is 0 Å². The van der Waals surface area contributed by atoms with Crippen LogP contribution >= 0.6 is 15.9 Å². The van der Waals surface area contributed by atoms with Crippen molar-refractivity contribution in [3.05, 3.63) is 46.9 Å². The second kappa shape index (κ2) is 7.14. The van der Waals surface area contributed by atoms with Gasteiger partial charge in [-0.2, -0.15) is 0 Å². The SMILES string of the molecule is C[C@@H]1Oc2ccc(NC(=O)[C@@H](C)Oc3ccc(Br)cc3)cc2NC1=O. The van der Waals surface area contributed by atoms with Crippen molar-refractivity contribution in [2.45, 2.75) is 26.1 Å². The first-order chi connectivity index (χ1) is 11.9. The molecule has 1 aliphatic heterocycles. The van der Waals surface area contributed by atoms with Crippen LogP contribution in [0.2, 0.25) is 0 Å². The molecule has 0 aliphatic carbocycles. The Balaban J connectivity index is 1.65. The number of carbonyl (C=O) groups excluding carboxylic acids is 2. The predicted molar refractivity (Wildman–Crippen MR) is 98.0 cm³/mol. The van der Waals surface area contributed by atoms with Crippen molar-refractivity contribution in [2.75, 3.05) is 10.6 Å². The smallest absolute Gasteiger partial charge is 0.265 e. The van der Waals surface area contributed by atoms with E-state index in [4.69, 9.17) is 9.47 Å². The Morgan fingerprint density at radius 3 is 2.72 bits per heavy atom. The lowest BCUT2D eigenvalue weighted by atomic mass is 10.2. The molecule has 2 atom stereocenters.